The van der Waals surface area contributed by atoms with Crippen LogP contribution in [0.2, 0.25) is 10.3 Å². The van der Waals surface area contributed by atoms with Crippen LogP contribution in [0.15, 0.2) is 6.07 Å². The summed E-state index contributed by atoms with van der Waals surface area (Å²) in [5.41, 5.74) is 1.48. The van der Waals surface area contributed by atoms with Gasteiger partial charge in [0, 0.05) is 0 Å². The summed E-state index contributed by atoms with van der Waals surface area (Å²) in [4.78, 5) is 0. The average Bonchev–Trinajstić information content (AvgIpc) is 2.05. The molecule has 1 saturated carbocycles. The SMILES string of the molecule is CC1(C)CC(c2cc(Cl)nnc2Cl)C1. The van der Waals surface area contributed by atoms with E-state index in [1.54, 1.807) is 0 Å². The van der Waals surface area contributed by atoms with Crippen LogP contribution in [0.3, 0.4) is 0 Å². The second-order valence-corrected chi connectivity index (χ2v) is 5.43. The molecule has 0 bridgehead atoms. The molecule has 0 spiro atoms. The topological polar surface area (TPSA) is 25.8 Å². The van der Waals surface area contributed by atoms with E-state index in [1.165, 1.54) is 0 Å². The van der Waals surface area contributed by atoms with Gasteiger partial charge < -0.3 is 0 Å². The van der Waals surface area contributed by atoms with Crippen molar-refractivity contribution in [3.63, 3.8) is 0 Å². The van der Waals surface area contributed by atoms with Crippen molar-refractivity contribution < 1.29 is 0 Å². The maximum absolute atomic E-state index is 5.96. The van der Waals surface area contributed by atoms with Crippen molar-refractivity contribution in [2.75, 3.05) is 0 Å². The van der Waals surface area contributed by atoms with Crippen molar-refractivity contribution in [3.8, 4) is 0 Å². The molecule has 0 amide bonds. The van der Waals surface area contributed by atoms with Crippen LogP contribution >= 0.6 is 23.2 Å². The highest BCUT2D eigenvalue weighted by Crippen LogP contribution is 2.51. The summed E-state index contributed by atoms with van der Waals surface area (Å²) in [5.74, 6) is 0.505. The first-order chi connectivity index (χ1) is 6.48. The third kappa shape index (κ3) is 1.86. The first kappa shape index (κ1) is 10.2. The zero-order valence-electron chi connectivity index (χ0n) is 8.22. The van der Waals surface area contributed by atoms with E-state index in [4.69, 9.17) is 23.2 Å². The Kier molecular flexibility index (Phi) is 2.44. The van der Waals surface area contributed by atoms with Gasteiger partial charge in [-0.25, -0.2) is 0 Å². The van der Waals surface area contributed by atoms with Crippen molar-refractivity contribution in [1.82, 2.24) is 10.2 Å². The Bertz CT molecular complexity index is 355. The van der Waals surface area contributed by atoms with Crippen molar-refractivity contribution in [2.24, 2.45) is 5.41 Å². The number of halogens is 2. The van der Waals surface area contributed by atoms with Gasteiger partial charge in [0.15, 0.2) is 10.3 Å². The van der Waals surface area contributed by atoms with Gasteiger partial charge in [0.25, 0.3) is 0 Å². The highest BCUT2D eigenvalue weighted by Gasteiger charge is 2.38. The van der Waals surface area contributed by atoms with E-state index >= 15 is 0 Å². The predicted molar refractivity (Wildman–Crippen MR) is 57.8 cm³/mol. The van der Waals surface area contributed by atoms with Gasteiger partial charge in [-0.2, -0.15) is 0 Å². The van der Waals surface area contributed by atoms with Gasteiger partial charge in [0.1, 0.15) is 0 Å². The minimum atomic E-state index is 0.425. The smallest absolute Gasteiger partial charge is 0.137 e. The molecule has 4 heteroatoms. The first-order valence-corrected chi connectivity index (χ1v) is 5.42. The zero-order chi connectivity index (χ0) is 10.3. The molecule has 0 aliphatic heterocycles. The molecule has 1 aromatic rings. The van der Waals surface area contributed by atoms with E-state index in [1.807, 2.05) is 6.07 Å². The summed E-state index contributed by atoms with van der Waals surface area (Å²) in [6.07, 6.45) is 2.30. The van der Waals surface area contributed by atoms with Crippen molar-refractivity contribution >= 4 is 23.2 Å². The quantitative estimate of drug-likeness (QED) is 0.736. The van der Waals surface area contributed by atoms with E-state index in [0.717, 1.165) is 18.4 Å². The summed E-state index contributed by atoms with van der Waals surface area (Å²) >= 11 is 11.7. The molecular formula is C10H12Cl2N2. The lowest BCUT2D eigenvalue weighted by molar-refractivity contribution is 0.151. The van der Waals surface area contributed by atoms with Crippen molar-refractivity contribution in [2.45, 2.75) is 32.6 Å². The van der Waals surface area contributed by atoms with Crippen molar-refractivity contribution in [1.29, 1.82) is 0 Å². The van der Waals surface area contributed by atoms with E-state index in [0.29, 0.717) is 21.6 Å². The third-order valence-corrected chi connectivity index (χ3v) is 3.26. The molecule has 1 fully saturated rings. The molecule has 1 aliphatic rings. The fourth-order valence-electron chi connectivity index (χ4n) is 2.15. The molecule has 2 rings (SSSR count). The Morgan fingerprint density at radius 3 is 2.50 bits per heavy atom. The largest absolute Gasteiger partial charge is 0.155 e. The molecule has 1 aromatic heterocycles. The standard InChI is InChI=1S/C10H12Cl2N2/c1-10(2)4-6(5-10)7-3-8(11)13-14-9(7)12/h3,6H,4-5H2,1-2H3. The van der Waals surface area contributed by atoms with Gasteiger partial charge in [-0.05, 0) is 35.8 Å². The molecule has 0 saturated heterocycles. The molecule has 76 valence electrons. The average molecular weight is 231 g/mol. The molecule has 0 aromatic carbocycles. The van der Waals surface area contributed by atoms with E-state index in [9.17, 15) is 0 Å². The number of aromatic nitrogens is 2. The maximum Gasteiger partial charge on any atom is 0.155 e. The Hall–Kier alpha value is -0.340. The minimum Gasteiger partial charge on any atom is -0.137 e. The fraction of sp³-hybridized carbons (Fsp3) is 0.600. The summed E-state index contributed by atoms with van der Waals surface area (Å²) < 4.78 is 0. The molecule has 0 radical (unpaired) electrons. The van der Waals surface area contributed by atoms with Gasteiger partial charge in [0.05, 0.1) is 0 Å². The number of rotatable bonds is 1. The summed E-state index contributed by atoms with van der Waals surface area (Å²) in [6, 6.07) is 1.83. The lowest BCUT2D eigenvalue weighted by Gasteiger charge is -2.42. The van der Waals surface area contributed by atoms with E-state index < -0.39 is 0 Å². The highest BCUT2D eigenvalue weighted by atomic mass is 35.5. The lowest BCUT2D eigenvalue weighted by Crippen LogP contribution is -2.30. The molecule has 1 heterocycles. The molecular weight excluding hydrogens is 219 g/mol. The Balaban J connectivity index is 2.22. The van der Waals surface area contributed by atoms with Gasteiger partial charge >= 0.3 is 0 Å². The monoisotopic (exact) mass is 230 g/mol. The molecule has 14 heavy (non-hydrogen) atoms. The summed E-state index contributed by atoms with van der Waals surface area (Å²) in [7, 11) is 0. The fourth-order valence-corrected chi connectivity index (χ4v) is 2.55. The number of hydrogen-bond acceptors (Lipinski definition) is 2. The first-order valence-electron chi connectivity index (χ1n) is 4.66. The van der Waals surface area contributed by atoms with E-state index in [-0.39, 0.29) is 0 Å². The van der Waals surface area contributed by atoms with Crippen LogP contribution in [-0.4, -0.2) is 10.2 Å². The Morgan fingerprint density at radius 2 is 1.93 bits per heavy atom. The molecule has 1 aliphatic carbocycles. The van der Waals surface area contributed by atoms with Crippen LogP contribution in [0.4, 0.5) is 0 Å². The third-order valence-electron chi connectivity index (χ3n) is 2.78. The van der Waals surface area contributed by atoms with Crippen LogP contribution in [0.1, 0.15) is 38.2 Å². The van der Waals surface area contributed by atoms with Crippen molar-refractivity contribution in [3.05, 3.63) is 21.9 Å². The van der Waals surface area contributed by atoms with E-state index in [2.05, 4.69) is 24.0 Å². The van der Waals surface area contributed by atoms with Gasteiger partial charge in [-0.1, -0.05) is 37.0 Å². The van der Waals surface area contributed by atoms with Crippen LogP contribution < -0.4 is 0 Å². The second kappa shape index (κ2) is 3.35. The van der Waals surface area contributed by atoms with Crippen LogP contribution in [-0.2, 0) is 0 Å². The number of hydrogen-bond donors (Lipinski definition) is 0. The van der Waals surface area contributed by atoms with Crippen LogP contribution in [0.5, 0.6) is 0 Å². The normalized spacial score (nSPS) is 20.6. The Morgan fingerprint density at radius 1 is 1.29 bits per heavy atom. The zero-order valence-corrected chi connectivity index (χ0v) is 9.73. The predicted octanol–water partition coefficient (Wildman–Crippen LogP) is 3.69. The van der Waals surface area contributed by atoms with Crippen LogP contribution in [0, 0.1) is 5.41 Å². The highest BCUT2D eigenvalue weighted by molar-refractivity contribution is 6.31. The number of nitrogens with zero attached hydrogens (tertiary/aromatic N) is 2. The molecule has 0 N–H and O–H groups in total. The minimum absolute atomic E-state index is 0.425. The van der Waals surface area contributed by atoms with Gasteiger partial charge in [-0.3, -0.25) is 0 Å². The Labute approximate surface area is 93.6 Å². The van der Waals surface area contributed by atoms with Gasteiger partial charge in [0.2, 0.25) is 0 Å². The maximum atomic E-state index is 5.96. The summed E-state index contributed by atoms with van der Waals surface area (Å²) in [5, 5.41) is 8.43. The molecule has 0 atom stereocenters. The van der Waals surface area contributed by atoms with Crippen LogP contribution in [0.25, 0.3) is 0 Å². The van der Waals surface area contributed by atoms with Gasteiger partial charge in [-0.15, -0.1) is 10.2 Å². The molecule has 2 nitrogen and oxygen atoms in total. The molecule has 0 unspecified atom stereocenters. The summed E-state index contributed by atoms with van der Waals surface area (Å²) in [6.45, 7) is 4.52. The second-order valence-electron chi connectivity index (χ2n) is 4.68. The lowest BCUT2D eigenvalue weighted by atomic mass is 9.62.